The lowest BCUT2D eigenvalue weighted by Gasteiger charge is -2.17. The summed E-state index contributed by atoms with van der Waals surface area (Å²) in [5.74, 6) is 0. The van der Waals surface area contributed by atoms with Gasteiger partial charge in [-0.2, -0.15) is 0 Å². The molecule has 1 nitrogen and oxygen atoms in total. The molecular formula is C17H20ClN. The van der Waals surface area contributed by atoms with E-state index in [1.54, 1.807) is 0 Å². The Bertz CT molecular complexity index is 519. The Labute approximate surface area is 120 Å². The van der Waals surface area contributed by atoms with Gasteiger partial charge < -0.3 is 5.32 Å². The third kappa shape index (κ3) is 3.82. The van der Waals surface area contributed by atoms with Gasteiger partial charge in [-0.25, -0.2) is 0 Å². The molecule has 1 atom stereocenters. The summed E-state index contributed by atoms with van der Waals surface area (Å²) in [6.07, 6.45) is 2.17. The van der Waals surface area contributed by atoms with E-state index in [1.165, 1.54) is 16.7 Å². The lowest BCUT2D eigenvalue weighted by molar-refractivity contribution is 0.548. The van der Waals surface area contributed by atoms with E-state index >= 15 is 0 Å². The van der Waals surface area contributed by atoms with Crippen LogP contribution in [0.3, 0.4) is 0 Å². The van der Waals surface area contributed by atoms with Crippen molar-refractivity contribution in [2.75, 3.05) is 7.05 Å². The van der Waals surface area contributed by atoms with E-state index in [4.69, 9.17) is 11.6 Å². The molecule has 0 bridgehead atoms. The Morgan fingerprint density at radius 2 is 1.74 bits per heavy atom. The molecule has 2 rings (SSSR count). The van der Waals surface area contributed by atoms with Crippen molar-refractivity contribution in [1.82, 2.24) is 5.32 Å². The fourth-order valence-electron chi connectivity index (χ4n) is 2.36. The third-order valence-corrected chi connectivity index (χ3v) is 3.84. The van der Waals surface area contributed by atoms with Crippen LogP contribution in [0.2, 0.25) is 5.02 Å². The SMILES string of the molecule is CNC(CCc1ccccc1C)c1ccc(Cl)cc1. The van der Waals surface area contributed by atoms with E-state index in [1.807, 2.05) is 19.2 Å². The Kier molecular flexibility index (Phi) is 5.00. The quantitative estimate of drug-likeness (QED) is 0.843. The number of halogens is 1. The van der Waals surface area contributed by atoms with Gasteiger partial charge in [0.2, 0.25) is 0 Å². The maximum Gasteiger partial charge on any atom is 0.0406 e. The maximum atomic E-state index is 5.93. The Hall–Kier alpha value is -1.31. The first-order valence-electron chi connectivity index (χ1n) is 6.68. The van der Waals surface area contributed by atoms with Gasteiger partial charge in [-0.1, -0.05) is 48.0 Å². The summed E-state index contributed by atoms with van der Waals surface area (Å²) < 4.78 is 0. The van der Waals surface area contributed by atoms with Crippen molar-refractivity contribution in [2.45, 2.75) is 25.8 Å². The highest BCUT2D eigenvalue weighted by Gasteiger charge is 2.09. The van der Waals surface area contributed by atoms with Gasteiger partial charge in [0.25, 0.3) is 0 Å². The van der Waals surface area contributed by atoms with Crippen LogP contribution < -0.4 is 5.32 Å². The zero-order valence-electron chi connectivity index (χ0n) is 11.5. The number of rotatable bonds is 5. The molecule has 0 saturated heterocycles. The molecule has 100 valence electrons. The van der Waals surface area contributed by atoms with Gasteiger partial charge in [-0.05, 0) is 55.6 Å². The van der Waals surface area contributed by atoms with Crippen molar-refractivity contribution >= 4 is 11.6 Å². The maximum absolute atomic E-state index is 5.93. The van der Waals surface area contributed by atoms with Crippen LogP contribution in [0, 0.1) is 6.92 Å². The lowest BCUT2D eigenvalue weighted by Crippen LogP contribution is -2.17. The predicted molar refractivity (Wildman–Crippen MR) is 82.8 cm³/mol. The average Bonchev–Trinajstić information content (AvgIpc) is 2.43. The number of benzene rings is 2. The van der Waals surface area contributed by atoms with Crippen molar-refractivity contribution in [3.05, 3.63) is 70.2 Å². The van der Waals surface area contributed by atoms with E-state index in [9.17, 15) is 0 Å². The van der Waals surface area contributed by atoms with Gasteiger partial charge in [0.1, 0.15) is 0 Å². The highest BCUT2D eigenvalue weighted by atomic mass is 35.5. The third-order valence-electron chi connectivity index (χ3n) is 3.58. The first-order chi connectivity index (χ1) is 9.20. The molecule has 0 amide bonds. The molecule has 0 aliphatic heterocycles. The largest absolute Gasteiger partial charge is 0.313 e. The second-order valence-electron chi connectivity index (χ2n) is 4.86. The van der Waals surface area contributed by atoms with Gasteiger partial charge in [-0.15, -0.1) is 0 Å². The minimum atomic E-state index is 0.372. The smallest absolute Gasteiger partial charge is 0.0406 e. The van der Waals surface area contributed by atoms with E-state index in [2.05, 4.69) is 48.6 Å². The second kappa shape index (κ2) is 6.74. The van der Waals surface area contributed by atoms with Crippen LogP contribution in [-0.4, -0.2) is 7.05 Å². The zero-order valence-corrected chi connectivity index (χ0v) is 12.2. The summed E-state index contributed by atoms with van der Waals surface area (Å²) in [5, 5.41) is 4.17. The fourth-order valence-corrected chi connectivity index (χ4v) is 2.49. The van der Waals surface area contributed by atoms with E-state index < -0.39 is 0 Å². The van der Waals surface area contributed by atoms with Gasteiger partial charge in [0.05, 0.1) is 0 Å². The summed E-state index contributed by atoms with van der Waals surface area (Å²) in [4.78, 5) is 0. The van der Waals surface area contributed by atoms with Crippen LogP contribution in [0.4, 0.5) is 0 Å². The van der Waals surface area contributed by atoms with E-state index in [-0.39, 0.29) is 0 Å². The Balaban J connectivity index is 2.04. The number of hydrogen-bond acceptors (Lipinski definition) is 1. The standard InChI is InChI=1S/C17H20ClN/c1-13-5-3-4-6-14(13)9-12-17(19-2)15-7-10-16(18)11-8-15/h3-8,10-11,17,19H,9,12H2,1-2H3. The summed E-state index contributed by atoms with van der Waals surface area (Å²) in [5.41, 5.74) is 4.09. The van der Waals surface area contributed by atoms with Crippen molar-refractivity contribution in [3.63, 3.8) is 0 Å². The second-order valence-corrected chi connectivity index (χ2v) is 5.29. The highest BCUT2D eigenvalue weighted by Crippen LogP contribution is 2.21. The zero-order chi connectivity index (χ0) is 13.7. The van der Waals surface area contributed by atoms with E-state index in [0.29, 0.717) is 6.04 Å². The average molecular weight is 274 g/mol. The Morgan fingerprint density at radius 3 is 2.37 bits per heavy atom. The van der Waals surface area contributed by atoms with Crippen molar-refractivity contribution in [2.24, 2.45) is 0 Å². The molecule has 19 heavy (non-hydrogen) atoms. The summed E-state index contributed by atoms with van der Waals surface area (Å²) in [7, 11) is 2.01. The topological polar surface area (TPSA) is 12.0 Å². The molecule has 0 radical (unpaired) electrons. The first kappa shape index (κ1) is 14.1. The fraction of sp³-hybridized carbons (Fsp3) is 0.294. The number of hydrogen-bond donors (Lipinski definition) is 1. The first-order valence-corrected chi connectivity index (χ1v) is 7.05. The molecule has 0 spiro atoms. The van der Waals surface area contributed by atoms with Crippen LogP contribution in [-0.2, 0) is 6.42 Å². The van der Waals surface area contributed by atoms with Crippen molar-refractivity contribution < 1.29 is 0 Å². The number of nitrogens with one attached hydrogen (secondary N) is 1. The molecule has 0 aromatic heterocycles. The monoisotopic (exact) mass is 273 g/mol. The van der Waals surface area contributed by atoms with Crippen molar-refractivity contribution in [1.29, 1.82) is 0 Å². The van der Waals surface area contributed by atoms with Crippen LogP contribution in [0.5, 0.6) is 0 Å². The molecule has 1 unspecified atom stereocenters. The minimum absolute atomic E-state index is 0.372. The van der Waals surface area contributed by atoms with Gasteiger partial charge in [0.15, 0.2) is 0 Å². The molecule has 1 N–H and O–H groups in total. The molecule has 0 heterocycles. The normalized spacial score (nSPS) is 12.4. The van der Waals surface area contributed by atoms with Crippen LogP contribution in [0.15, 0.2) is 48.5 Å². The highest BCUT2D eigenvalue weighted by molar-refractivity contribution is 6.30. The Morgan fingerprint density at radius 1 is 1.05 bits per heavy atom. The predicted octanol–water partition coefficient (Wildman–Crippen LogP) is 4.54. The summed E-state index contributed by atoms with van der Waals surface area (Å²) in [6, 6.07) is 17.1. The van der Waals surface area contributed by atoms with Crippen LogP contribution >= 0.6 is 11.6 Å². The van der Waals surface area contributed by atoms with Crippen molar-refractivity contribution in [3.8, 4) is 0 Å². The van der Waals surface area contributed by atoms with Gasteiger partial charge >= 0.3 is 0 Å². The summed E-state index contributed by atoms with van der Waals surface area (Å²) in [6.45, 7) is 2.17. The van der Waals surface area contributed by atoms with Gasteiger partial charge in [-0.3, -0.25) is 0 Å². The van der Waals surface area contributed by atoms with E-state index in [0.717, 1.165) is 17.9 Å². The molecule has 2 aromatic rings. The van der Waals surface area contributed by atoms with Gasteiger partial charge in [0, 0.05) is 11.1 Å². The molecule has 0 aliphatic rings. The molecule has 0 aliphatic carbocycles. The molecule has 2 heteroatoms. The molecular weight excluding hydrogens is 254 g/mol. The number of aryl methyl sites for hydroxylation is 2. The molecule has 2 aromatic carbocycles. The summed E-state index contributed by atoms with van der Waals surface area (Å²) >= 11 is 5.93. The van der Waals surface area contributed by atoms with Crippen LogP contribution in [0.1, 0.15) is 29.2 Å². The lowest BCUT2D eigenvalue weighted by atomic mass is 9.97. The molecule has 0 saturated carbocycles. The minimum Gasteiger partial charge on any atom is -0.313 e. The van der Waals surface area contributed by atoms with Crippen LogP contribution in [0.25, 0.3) is 0 Å². The molecule has 0 fully saturated rings.